The summed E-state index contributed by atoms with van der Waals surface area (Å²) in [5.41, 5.74) is 7.92. The van der Waals surface area contributed by atoms with Gasteiger partial charge >= 0.3 is 0 Å². The molecule has 3 atom stereocenters. The van der Waals surface area contributed by atoms with Crippen LogP contribution >= 0.6 is 0 Å². The van der Waals surface area contributed by atoms with Crippen molar-refractivity contribution in [1.29, 1.82) is 0 Å². The Morgan fingerprint density at radius 2 is 2.00 bits per heavy atom. The van der Waals surface area contributed by atoms with E-state index in [4.69, 9.17) is 25.2 Å². The predicted molar refractivity (Wildman–Crippen MR) is 124 cm³/mol. The minimum atomic E-state index is -1.18. The summed E-state index contributed by atoms with van der Waals surface area (Å²) < 4.78 is 23.9. The fourth-order valence-corrected chi connectivity index (χ4v) is 4.60. The quantitative estimate of drug-likeness (QED) is 0.636. The largest absolute Gasteiger partial charge is 0.486 e. The lowest BCUT2D eigenvalue weighted by Gasteiger charge is -2.45. The van der Waals surface area contributed by atoms with Crippen LogP contribution in [0.25, 0.3) is 22.3 Å². The first-order chi connectivity index (χ1) is 15.3. The Kier molecular flexibility index (Phi) is 5.01. The van der Waals surface area contributed by atoms with E-state index in [1.54, 1.807) is 12.5 Å². The number of nitrogens with two attached hydrogens (primary N) is 1. The second kappa shape index (κ2) is 7.63. The summed E-state index contributed by atoms with van der Waals surface area (Å²) in [6.45, 7) is 7.63. The Morgan fingerprint density at radius 3 is 2.78 bits per heavy atom. The number of anilines is 2. The van der Waals surface area contributed by atoms with Crippen LogP contribution in [0.15, 0.2) is 24.4 Å². The Morgan fingerprint density at radius 1 is 1.19 bits per heavy atom. The van der Waals surface area contributed by atoms with Gasteiger partial charge in [-0.1, -0.05) is 0 Å². The summed E-state index contributed by atoms with van der Waals surface area (Å²) >= 11 is 0. The van der Waals surface area contributed by atoms with Gasteiger partial charge in [-0.05, 0) is 39.0 Å². The van der Waals surface area contributed by atoms with Crippen LogP contribution in [0.5, 0.6) is 5.75 Å². The van der Waals surface area contributed by atoms with Crippen molar-refractivity contribution in [2.75, 3.05) is 36.7 Å². The minimum Gasteiger partial charge on any atom is -0.486 e. The highest BCUT2D eigenvalue weighted by molar-refractivity contribution is 7.85. The van der Waals surface area contributed by atoms with Gasteiger partial charge in [-0.3, -0.25) is 4.21 Å². The van der Waals surface area contributed by atoms with E-state index in [0.717, 1.165) is 22.3 Å². The number of nitrogens with zero attached hydrogens (tertiary/aromatic N) is 5. The molecule has 1 saturated heterocycles. The minimum absolute atomic E-state index is 0.0741. The molecule has 0 saturated carbocycles. The van der Waals surface area contributed by atoms with Crippen LogP contribution in [0, 0.1) is 0 Å². The van der Waals surface area contributed by atoms with Gasteiger partial charge in [0.2, 0.25) is 5.95 Å². The maximum Gasteiger partial charge on any atom is 0.220 e. The molecule has 2 aromatic heterocycles. The average molecular weight is 455 g/mol. The number of rotatable bonds is 3. The fraction of sp³-hybridized carbons (Fsp3) is 0.455. The van der Waals surface area contributed by atoms with Gasteiger partial charge in [0.1, 0.15) is 12.3 Å². The van der Waals surface area contributed by atoms with E-state index in [0.29, 0.717) is 37.1 Å². The molecule has 0 amide bonds. The third kappa shape index (κ3) is 3.38. The second-order valence-corrected chi connectivity index (χ2v) is 10.7. The lowest BCUT2D eigenvalue weighted by molar-refractivity contribution is 0.0482. The van der Waals surface area contributed by atoms with Crippen LogP contribution in [0.1, 0.15) is 26.5 Å². The van der Waals surface area contributed by atoms with Crippen LogP contribution in [-0.4, -0.2) is 62.3 Å². The first-order valence-corrected chi connectivity index (χ1v) is 12.1. The number of hydrogen-bond donors (Lipinski definition) is 1. The number of aromatic nitrogens is 4. The zero-order chi connectivity index (χ0) is 22.6. The van der Waals surface area contributed by atoms with Crippen LogP contribution < -0.4 is 15.4 Å². The summed E-state index contributed by atoms with van der Waals surface area (Å²) in [5.74, 6) is 2.10. The number of hydrogen-bond acceptors (Lipinski definition) is 9. The van der Waals surface area contributed by atoms with Crippen LogP contribution in [0.2, 0.25) is 0 Å². The van der Waals surface area contributed by atoms with Gasteiger partial charge in [0.25, 0.3) is 0 Å². The molecule has 0 bridgehead atoms. The van der Waals surface area contributed by atoms with E-state index in [1.807, 2.05) is 32.0 Å². The summed E-state index contributed by atoms with van der Waals surface area (Å²) in [6, 6.07) is 5.95. The van der Waals surface area contributed by atoms with E-state index >= 15 is 0 Å². The van der Waals surface area contributed by atoms with Gasteiger partial charge in [-0.25, -0.2) is 19.9 Å². The topological polar surface area (TPSA) is 116 Å². The first-order valence-electron chi connectivity index (χ1n) is 10.5. The molecule has 168 valence electrons. The highest BCUT2D eigenvalue weighted by Crippen LogP contribution is 2.43. The maximum atomic E-state index is 12.7. The molecular weight excluding hydrogens is 428 g/mol. The van der Waals surface area contributed by atoms with Crippen molar-refractivity contribution in [2.45, 2.75) is 37.6 Å². The van der Waals surface area contributed by atoms with Crippen molar-refractivity contribution in [3.05, 3.63) is 30.1 Å². The third-order valence-corrected chi connectivity index (χ3v) is 7.83. The van der Waals surface area contributed by atoms with E-state index in [2.05, 4.69) is 21.8 Å². The van der Waals surface area contributed by atoms with Gasteiger partial charge in [0.05, 0.1) is 35.6 Å². The van der Waals surface area contributed by atoms with Crippen LogP contribution in [0.3, 0.4) is 0 Å². The molecule has 5 rings (SSSR count). The molecule has 1 aromatic carbocycles. The summed E-state index contributed by atoms with van der Waals surface area (Å²) in [4.78, 5) is 20.5. The summed E-state index contributed by atoms with van der Waals surface area (Å²) in [5, 5.41) is 0.840. The predicted octanol–water partition coefficient (Wildman–Crippen LogP) is 2.27. The molecule has 1 fully saturated rings. The van der Waals surface area contributed by atoms with Gasteiger partial charge in [-0.15, -0.1) is 0 Å². The molecule has 10 heteroatoms. The number of ether oxygens (including phenoxy) is 2. The second-order valence-electron chi connectivity index (χ2n) is 8.77. The molecule has 2 unspecified atom stereocenters. The van der Waals surface area contributed by atoms with E-state index < -0.39 is 15.5 Å². The van der Waals surface area contributed by atoms with Crippen molar-refractivity contribution in [3.63, 3.8) is 0 Å². The molecule has 2 aliphatic rings. The normalized spacial score (nSPS) is 21.6. The molecular formula is C22H26N6O3S. The molecule has 0 spiro atoms. The van der Waals surface area contributed by atoms with Gasteiger partial charge in [-0.2, -0.15) is 0 Å². The SMILES string of the molecule is C[C@@H]1COCC2COc3c(nc(-c4ccc5nc(N)ncc5c4)nc3C(C)(C)S(C)=O)N21. The van der Waals surface area contributed by atoms with Crippen molar-refractivity contribution < 1.29 is 13.7 Å². The fourth-order valence-electron chi connectivity index (χ4n) is 4.19. The maximum absolute atomic E-state index is 12.7. The number of morpholine rings is 1. The zero-order valence-electron chi connectivity index (χ0n) is 18.5. The monoisotopic (exact) mass is 454 g/mol. The smallest absolute Gasteiger partial charge is 0.220 e. The lowest BCUT2D eigenvalue weighted by Crippen LogP contribution is -2.56. The van der Waals surface area contributed by atoms with Crippen molar-refractivity contribution in [3.8, 4) is 17.1 Å². The average Bonchev–Trinajstić information content (AvgIpc) is 2.77. The number of nitrogen functional groups attached to an aromatic ring is 1. The number of benzene rings is 1. The van der Waals surface area contributed by atoms with Crippen LogP contribution in [-0.2, 0) is 20.3 Å². The highest BCUT2D eigenvalue weighted by Gasteiger charge is 2.41. The van der Waals surface area contributed by atoms with Crippen LogP contribution in [0.4, 0.5) is 11.8 Å². The van der Waals surface area contributed by atoms with E-state index in [-0.39, 0.29) is 18.0 Å². The van der Waals surface area contributed by atoms with Gasteiger partial charge in [0, 0.05) is 34.2 Å². The van der Waals surface area contributed by atoms with Crippen molar-refractivity contribution in [2.24, 2.45) is 0 Å². The Bertz CT molecular complexity index is 1230. The van der Waals surface area contributed by atoms with E-state index in [1.165, 1.54) is 0 Å². The molecule has 0 radical (unpaired) electrons. The highest BCUT2D eigenvalue weighted by atomic mass is 32.2. The molecule has 32 heavy (non-hydrogen) atoms. The van der Waals surface area contributed by atoms with Crippen molar-refractivity contribution >= 4 is 33.5 Å². The summed E-state index contributed by atoms with van der Waals surface area (Å²) in [6.07, 6.45) is 3.38. The van der Waals surface area contributed by atoms with Crippen molar-refractivity contribution in [1.82, 2.24) is 19.9 Å². The molecule has 2 aliphatic heterocycles. The molecule has 2 N–H and O–H groups in total. The Labute approximate surface area is 188 Å². The zero-order valence-corrected chi connectivity index (χ0v) is 19.3. The van der Waals surface area contributed by atoms with Gasteiger partial charge < -0.3 is 20.1 Å². The molecule has 0 aliphatic carbocycles. The Hall–Kier alpha value is -2.85. The van der Waals surface area contributed by atoms with E-state index in [9.17, 15) is 4.21 Å². The summed E-state index contributed by atoms with van der Waals surface area (Å²) in [7, 11) is -1.18. The molecule has 3 aromatic rings. The Balaban J connectivity index is 1.73. The molecule has 9 nitrogen and oxygen atoms in total. The first kappa shape index (κ1) is 21.0. The molecule has 4 heterocycles. The van der Waals surface area contributed by atoms with Gasteiger partial charge in [0.15, 0.2) is 17.4 Å². The third-order valence-electron chi connectivity index (χ3n) is 6.20. The lowest BCUT2D eigenvalue weighted by atomic mass is 10.0. The standard InChI is InChI=1S/C22H26N6O3S/c1-12-9-30-10-15-11-31-17-18(22(2,3)32(4)29)26-19(27-20(17)28(12)15)13-5-6-16-14(7-13)8-24-21(23)25-16/h5-8,12,15H,9-11H2,1-4H3,(H2,23,24,25)/t12-,15?,32?/m1/s1. The number of fused-ring (bicyclic) bond motifs is 4.